The molecule has 0 spiro atoms. The summed E-state index contributed by atoms with van der Waals surface area (Å²) < 4.78 is 12.7. The fourth-order valence-electron chi connectivity index (χ4n) is 1.74. The number of nitrogen functional groups attached to an aromatic ring is 1. The van der Waals surface area contributed by atoms with Gasteiger partial charge in [0, 0.05) is 12.2 Å². The SMILES string of the molecule is Nc1ccccc1CNC(=O)Cc1ccc(F)cc1. The quantitative estimate of drug-likeness (QED) is 0.826. The number of hydrogen-bond donors (Lipinski definition) is 2. The van der Waals surface area contributed by atoms with E-state index >= 15 is 0 Å². The van der Waals surface area contributed by atoms with Gasteiger partial charge in [-0.1, -0.05) is 30.3 Å². The van der Waals surface area contributed by atoms with Crippen LogP contribution in [-0.2, 0) is 17.8 Å². The average Bonchev–Trinajstić information content (AvgIpc) is 2.40. The number of nitrogens with one attached hydrogen (secondary N) is 1. The van der Waals surface area contributed by atoms with E-state index in [-0.39, 0.29) is 18.1 Å². The molecule has 0 aliphatic rings. The summed E-state index contributed by atoms with van der Waals surface area (Å²) in [5, 5.41) is 2.79. The Hall–Kier alpha value is -2.36. The van der Waals surface area contributed by atoms with Gasteiger partial charge in [-0.15, -0.1) is 0 Å². The summed E-state index contributed by atoms with van der Waals surface area (Å²) >= 11 is 0. The highest BCUT2D eigenvalue weighted by atomic mass is 19.1. The second kappa shape index (κ2) is 6.00. The molecule has 98 valence electrons. The van der Waals surface area contributed by atoms with Crippen molar-refractivity contribution in [3.05, 3.63) is 65.5 Å². The molecule has 3 nitrogen and oxygen atoms in total. The van der Waals surface area contributed by atoms with Gasteiger partial charge in [0.05, 0.1) is 6.42 Å². The van der Waals surface area contributed by atoms with Crippen molar-refractivity contribution in [1.82, 2.24) is 5.32 Å². The molecule has 0 saturated carbocycles. The summed E-state index contributed by atoms with van der Waals surface area (Å²) in [6.07, 6.45) is 0.229. The lowest BCUT2D eigenvalue weighted by atomic mass is 10.1. The Bertz CT molecular complexity index is 567. The molecule has 0 heterocycles. The van der Waals surface area contributed by atoms with E-state index in [1.165, 1.54) is 12.1 Å². The number of anilines is 1. The van der Waals surface area contributed by atoms with E-state index in [9.17, 15) is 9.18 Å². The highest BCUT2D eigenvalue weighted by Gasteiger charge is 2.04. The van der Waals surface area contributed by atoms with Gasteiger partial charge in [-0.05, 0) is 29.3 Å². The molecule has 0 unspecified atom stereocenters. The molecule has 0 aromatic heterocycles. The molecule has 1 amide bonds. The van der Waals surface area contributed by atoms with Gasteiger partial charge in [0.15, 0.2) is 0 Å². The molecule has 3 N–H and O–H groups in total. The smallest absolute Gasteiger partial charge is 0.224 e. The molecule has 2 rings (SSSR count). The van der Waals surface area contributed by atoms with Gasteiger partial charge in [-0.2, -0.15) is 0 Å². The Labute approximate surface area is 111 Å². The predicted molar refractivity (Wildman–Crippen MR) is 72.8 cm³/mol. The number of benzene rings is 2. The second-order valence-corrected chi connectivity index (χ2v) is 4.28. The van der Waals surface area contributed by atoms with E-state index in [0.717, 1.165) is 11.1 Å². The number of amides is 1. The summed E-state index contributed by atoms with van der Waals surface area (Å²) in [5.74, 6) is -0.420. The molecule has 19 heavy (non-hydrogen) atoms. The lowest BCUT2D eigenvalue weighted by Crippen LogP contribution is -2.24. The predicted octanol–water partition coefficient (Wildman–Crippen LogP) is 2.27. The van der Waals surface area contributed by atoms with Crippen LogP contribution in [0.5, 0.6) is 0 Å². The summed E-state index contributed by atoms with van der Waals surface area (Å²) in [4.78, 5) is 11.7. The number of halogens is 1. The average molecular weight is 258 g/mol. The van der Waals surface area contributed by atoms with Crippen LogP contribution in [0.2, 0.25) is 0 Å². The van der Waals surface area contributed by atoms with Crippen LogP contribution < -0.4 is 11.1 Å². The van der Waals surface area contributed by atoms with Crippen molar-refractivity contribution in [1.29, 1.82) is 0 Å². The van der Waals surface area contributed by atoms with Crippen LogP contribution in [0.25, 0.3) is 0 Å². The molecular weight excluding hydrogens is 243 g/mol. The van der Waals surface area contributed by atoms with Crippen LogP contribution in [0.15, 0.2) is 48.5 Å². The maximum absolute atomic E-state index is 12.7. The number of nitrogens with two attached hydrogens (primary N) is 1. The maximum atomic E-state index is 12.7. The molecular formula is C15H15FN2O. The second-order valence-electron chi connectivity index (χ2n) is 4.28. The van der Waals surface area contributed by atoms with Gasteiger partial charge in [-0.3, -0.25) is 4.79 Å². The van der Waals surface area contributed by atoms with E-state index in [2.05, 4.69) is 5.32 Å². The summed E-state index contributed by atoms with van der Waals surface area (Å²) in [6.45, 7) is 0.396. The lowest BCUT2D eigenvalue weighted by molar-refractivity contribution is -0.120. The summed E-state index contributed by atoms with van der Waals surface area (Å²) in [7, 11) is 0. The Morgan fingerprint density at radius 1 is 1.11 bits per heavy atom. The molecule has 0 radical (unpaired) electrons. The van der Waals surface area contributed by atoms with Crippen LogP contribution in [0.4, 0.5) is 10.1 Å². The zero-order chi connectivity index (χ0) is 13.7. The van der Waals surface area contributed by atoms with E-state index in [1.54, 1.807) is 18.2 Å². The van der Waals surface area contributed by atoms with Crippen LogP contribution in [0.3, 0.4) is 0 Å². The van der Waals surface area contributed by atoms with Crippen molar-refractivity contribution >= 4 is 11.6 Å². The molecule has 0 bridgehead atoms. The molecule has 4 heteroatoms. The molecule has 2 aromatic carbocycles. The van der Waals surface area contributed by atoms with E-state index < -0.39 is 0 Å². The van der Waals surface area contributed by atoms with Gasteiger partial charge in [0.2, 0.25) is 5.91 Å². The van der Waals surface area contributed by atoms with E-state index in [0.29, 0.717) is 12.2 Å². The minimum absolute atomic E-state index is 0.116. The van der Waals surface area contributed by atoms with Crippen molar-refractivity contribution < 1.29 is 9.18 Å². The first kappa shape index (κ1) is 13.1. The number of rotatable bonds is 4. The maximum Gasteiger partial charge on any atom is 0.224 e. The fourth-order valence-corrected chi connectivity index (χ4v) is 1.74. The van der Waals surface area contributed by atoms with Crippen LogP contribution in [0.1, 0.15) is 11.1 Å². The molecule has 0 fully saturated rings. The Balaban J connectivity index is 1.88. The van der Waals surface area contributed by atoms with Crippen molar-refractivity contribution in [2.75, 3.05) is 5.73 Å². The summed E-state index contributed by atoms with van der Waals surface area (Å²) in [6, 6.07) is 13.3. The molecule has 0 atom stereocenters. The molecule has 0 aliphatic carbocycles. The lowest BCUT2D eigenvalue weighted by Gasteiger charge is -2.07. The standard InChI is InChI=1S/C15H15FN2O/c16-13-7-5-11(6-8-13)9-15(19)18-10-12-3-1-2-4-14(12)17/h1-8H,9-10,17H2,(H,18,19). The van der Waals surface area contributed by atoms with Crippen LogP contribution in [0, 0.1) is 5.82 Å². The van der Waals surface area contributed by atoms with Crippen molar-refractivity contribution in [3.63, 3.8) is 0 Å². The zero-order valence-corrected chi connectivity index (χ0v) is 10.4. The molecule has 2 aromatic rings. The number of carbonyl (C=O) groups is 1. The third-order valence-electron chi connectivity index (χ3n) is 2.81. The van der Waals surface area contributed by atoms with Crippen LogP contribution >= 0.6 is 0 Å². The number of para-hydroxylation sites is 1. The number of carbonyl (C=O) groups excluding carboxylic acids is 1. The van der Waals surface area contributed by atoms with E-state index in [4.69, 9.17) is 5.73 Å². The topological polar surface area (TPSA) is 55.1 Å². The van der Waals surface area contributed by atoms with Gasteiger partial charge in [0.1, 0.15) is 5.82 Å². The third kappa shape index (κ3) is 3.81. The van der Waals surface area contributed by atoms with Gasteiger partial charge in [0.25, 0.3) is 0 Å². The minimum Gasteiger partial charge on any atom is -0.398 e. The first-order valence-electron chi connectivity index (χ1n) is 5.99. The normalized spacial score (nSPS) is 10.2. The first-order chi connectivity index (χ1) is 9.15. The Morgan fingerprint density at radius 3 is 2.47 bits per heavy atom. The van der Waals surface area contributed by atoms with E-state index in [1.807, 2.05) is 18.2 Å². The monoisotopic (exact) mass is 258 g/mol. The molecule has 0 aliphatic heterocycles. The Kier molecular flexibility index (Phi) is 4.13. The Morgan fingerprint density at radius 2 is 1.79 bits per heavy atom. The van der Waals surface area contributed by atoms with Crippen molar-refractivity contribution in [2.45, 2.75) is 13.0 Å². The van der Waals surface area contributed by atoms with Crippen LogP contribution in [-0.4, -0.2) is 5.91 Å². The number of hydrogen-bond acceptors (Lipinski definition) is 2. The van der Waals surface area contributed by atoms with Crippen molar-refractivity contribution in [3.8, 4) is 0 Å². The van der Waals surface area contributed by atoms with Gasteiger partial charge < -0.3 is 11.1 Å². The van der Waals surface area contributed by atoms with Crippen molar-refractivity contribution in [2.24, 2.45) is 0 Å². The first-order valence-corrected chi connectivity index (χ1v) is 5.99. The highest BCUT2D eigenvalue weighted by molar-refractivity contribution is 5.78. The minimum atomic E-state index is -0.304. The highest BCUT2D eigenvalue weighted by Crippen LogP contribution is 2.10. The van der Waals surface area contributed by atoms with Gasteiger partial charge in [-0.25, -0.2) is 4.39 Å². The largest absolute Gasteiger partial charge is 0.398 e. The zero-order valence-electron chi connectivity index (χ0n) is 10.4. The third-order valence-corrected chi connectivity index (χ3v) is 2.81. The summed E-state index contributed by atoms with van der Waals surface area (Å²) in [5.41, 5.74) is 8.10. The fraction of sp³-hybridized carbons (Fsp3) is 0.133. The van der Waals surface area contributed by atoms with Gasteiger partial charge >= 0.3 is 0 Å². The molecule has 0 saturated heterocycles.